The highest BCUT2D eigenvalue weighted by molar-refractivity contribution is 8.93. The second-order valence-corrected chi connectivity index (χ2v) is 7.56. The molecule has 0 radical (unpaired) electrons. The number of amidine groups is 2. The van der Waals surface area contributed by atoms with Crippen LogP contribution in [0.4, 0.5) is 0 Å². The van der Waals surface area contributed by atoms with Gasteiger partial charge in [-0.05, 0) is 23.3 Å². The van der Waals surface area contributed by atoms with Crippen LogP contribution in [0.1, 0.15) is 27.0 Å². The molecule has 0 amide bonds. The molecule has 0 aromatic heterocycles. The molecule has 2 rings (SSSR count). The number of carbonyl (C=O) groups is 1. The average Bonchev–Trinajstić information content (AvgIpc) is 2.58. The maximum absolute atomic E-state index is 13.1. The molecule has 162 valence electrons. The van der Waals surface area contributed by atoms with E-state index < -0.39 is 0 Å². The zero-order valence-electron chi connectivity index (χ0n) is 14.8. The van der Waals surface area contributed by atoms with Crippen LogP contribution in [-0.2, 0) is 11.5 Å². The minimum Gasteiger partial charge on any atom is -0.379 e. The van der Waals surface area contributed by atoms with Gasteiger partial charge in [0.2, 0.25) is 0 Å². The molecule has 0 aliphatic rings. The Labute approximate surface area is 225 Å². The van der Waals surface area contributed by atoms with Gasteiger partial charge in [0.1, 0.15) is 0 Å². The first-order valence-electron chi connectivity index (χ1n) is 7.23. The summed E-state index contributed by atoms with van der Waals surface area (Å²) in [5.74, 6) is 0.703. The Kier molecular flexibility index (Phi) is 19.3. The second kappa shape index (κ2) is 16.6. The third-order valence-electron chi connectivity index (χ3n) is 3.34. The van der Waals surface area contributed by atoms with Gasteiger partial charge in [-0.15, -0.1) is 67.9 Å². The summed E-state index contributed by atoms with van der Waals surface area (Å²) in [6.45, 7) is 0. The molecule has 29 heavy (non-hydrogen) atoms. The van der Waals surface area contributed by atoms with Crippen LogP contribution in [0, 0.1) is 10.8 Å². The number of thioether (sulfide) groups is 2. The van der Waals surface area contributed by atoms with Gasteiger partial charge >= 0.3 is 0 Å². The van der Waals surface area contributed by atoms with Crippen molar-refractivity contribution in [2.24, 2.45) is 11.5 Å². The lowest BCUT2D eigenvalue weighted by molar-refractivity contribution is 0.103. The molecular weight excluding hydrogens is 695 g/mol. The number of hydrogen-bond donors (Lipinski definition) is 4. The monoisotopic (exact) mass is 712 g/mol. The van der Waals surface area contributed by atoms with Crippen molar-refractivity contribution in [2.75, 3.05) is 0 Å². The summed E-state index contributed by atoms with van der Waals surface area (Å²) >= 11 is 8.40. The molecule has 0 atom stereocenters. The highest BCUT2D eigenvalue weighted by Gasteiger charge is 2.18. The first kappa shape index (κ1) is 33.6. The second-order valence-electron chi connectivity index (χ2n) is 5.09. The number of benzene rings is 2. The fraction of sp³-hybridized carbons (Fsp3) is 0.118. The average molecular weight is 717 g/mol. The van der Waals surface area contributed by atoms with Crippen LogP contribution in [0.2, 0.25) is 5.02 Å². The molecule has 0 unspecified atom stereocenters. The van der Waals surface area contributed by atoms with E-state index in [4.69, 9.17) is 33.9 Å². The van der Waals surface area contributed by atoms with Gasteiger partial charge in [-0.2, -0.15) is 0 Å². The topological polar surface area (TPSA) is 117 Å². The van der Waals surface area contributed by atoms with E-state index in [1.807, 2.05) is 12.1 Å². The van der Waals surface area contributed by atoms with Crippen LogP contribution in [0.5, 0.6) is 0 Å². The molecule has 0 aliphatic heterocycles. The number of nitrogens with two attached hydrogens (primary N) is 2. The van der Waals surface area contributed by atoms with Gasteiger partial charge in [-0.3, -0.25) is 15.6 Å². The van der Waals surface area contributed by atoms with E-state index in [1.165, 1.54) is 11.8 Å². The molecule has 0 aliphatic carbocycles. The van der Waals surface area contributed by atoms with Crippen molar-refractivity contribution in [2.45, 2.75) is 11.5 Å². The van der Waals surface area contributed by atoms with E-state index in [1.54, 1.807) is 30.3 Å². The highest BCUT2D eigenvalue weighted by atomic mass is 79.9. The van der Waals surface area contributed by atoms with Crippen LogP contribution in [0.25, 0.3) is 0 Å². The fourth-order valence-corrected chi connectivity index (χ4v) is 3.51. The Morgan fingerprint density at radius 2 is 1.31 bits per heavy atom. The van der Waals surface area contributed by atoms with E-state index >= 15 is 0 Å². The van der Waals surface area contributed by atoms with Gasteiger partial charge in [-0.25, -0.2) is 0 Å². The maximum atomic E-state index is 13.1. The van der Waals surface area contributed by atoms with Crippen molar-refractivity contribution in [1.29, 1.82) is 10.8 Å². The molecule has 0 saturated carbocycles. The third-order valence-corrected chi connectivity index (χ3v) is 5.11. The van der Waals surface area contributed by atoms with Gasteiger partial charge in [0.25, 0.3) is 0 Å². The van der Waals surface area contributed by atoms with Gasteiger partial charge in [0.15, 0.2) is 16.1 Å². The predicted molar refractivity (Wildman–Crippen MR) is 149 cm³/mol. The fourth-order valence-electron chi connectivity index (χ4n) is 2.21. The summed E-state index contributed by atoms with van der Waals surface area (Å²) in [6, 6.07) is 12.4. The Balaban J connectivity index is -0.00000169. The number of ketones is 1. The van der Waals surface area contributed by atoms with Gasteiger partial charge in [0, 0.05) is 27.7 Å². The summed E-state index contributed by atoms with van der Waals surface area (Å²) in [5.41, 5.74) is 13.4. The lowest BCUT2D eigenvalue weighted by Crippen LogP contribution is -2.10. The van der Waals surface area contributed by atoms with Gasteiger partial charge < -0.3 is 11.5 Å². The molecule has 0 bridgehead atoms. The Hall–Kier alpha value is -0.0400. The van der Waals surface area contributed by atoms with Crippen LogP contribution in [0.3, 0.4) is 0 Å². The normalized spacial score (nSPS) is 9.00. The Morgan fingerprint density at radius 3 is 1.83 bits per heavy atom. The molecule has 5 nitrogen and oxygen atoms in total. The number of halogens is 5. The highest BCUT2D eigenvalue weighted by Crippen LogP contribution is 2.26. The van der Waals surface area contributed by atoms with Crippen molar-refractivity contribution in [3.8, 4) is 0 Å². The van der Waals surface area contributed by atoms with Gasteiger partial charge in [-0.1, -0.05) is 65.5 Å². The van der Waals surface area contributed by atoms with Crippen molar-refractivity contribution in [3.63, 3.8) is 0 Å². The van der Waals surface area contributed by atoms with E-state index in [0.717, 1.165) is 22.9 Å². The quantitative estimate of drug-likeness (QED) is 0.163. The van der Waals surface area contributed by atoms with E-state index in [0.29, 0.717) is 27.7 Å². The van der Waals surface area contributed by atoms with Crippen molar-refractivity contribution in [3.05, 3.63) is 69.7 Å². The third kappa shape index (κ3) is 10.7. The maximum Gasteiger partial charge on any atom is 0.193 e. The largest absolute Gasteiger partial charge is 0.379 e. The summed E-state index contributed by atoms with van der Waals surface area (Å²) in [6.07, 6.45) is 0. The van der Waals surface area contributed by atoms with Crippen LogP contribution >= 0.6 is 103 Å². The van der Waals surface area contributed by atoms with Crippen LogP contribution < -0.4 is 11.5 Å². The molecule has 2 aromatic rings. The van der Waals surface area contributed by atoms with Crippen molar-refractivity contribution in [1.82, 2.24) is 0 Å². The smallest absolute Gasteiger partial charge is 0.193 e. The predicted octanol–water partition coefficient (Wildman–Crippen LogP) is 6.14. The van der Waals surface area contributed by atoms with E-state index in [-0.39, 0.29) is 84.0 Å². The Morgan fingerprint density at radius 1 is 0.828 bits per heavy atom. The summed E-state index contributed by atoms with van der Waals surface area (Å²) in [7, 11) is 0. The summed E-state index contributed by atoms with van der Waals surface area (Å²) in [5, 5.41) is 15.2. The number of nitrogens with one attached hydrogen (secondary N) is 2. The molecule has 0 saturated heterocycles. The van der Waals surface area contributed by atoms with Crippen molar-refractivity contribution >= 4 is 119 Å². The molecular formula is C17H21Br4ClN4OS2. The molecule has 2 aromatic carbocycles. The first-order chi connectivity index (χ1) is 11.9. The first-order valence-corrected chi connectivity index (χ1v) is 9.58. The summed E-state index contributed by atoms with van der Waals surface area (Å²) in [4.78, 5) is 13.1. The Bertz CT molecular complexity index is 843. The lowest BCUT2D eigenvalue weighted by atomic mass is 9.96. The minimum atomic E-state index is -0.151. The minimum absolute atomic E-state index is 0. The SMILES string of the molecule is Br.Br.Br.Br.N=C(N)SCc1ccccc1C(=O)c1cc(Cl)ccc1CSC(=N)N. The van der Waals surface area contributed by atoms with Crippen molar-refractivity contribution < 1.29 is 4.79 Å². The zero-order valence-corrected chi connectivity index (χ0v) is 24.1. The van der Waals surface area contributed by atoms with E-state index in [9.17, 15) is 4.79 Å². The zero-order chi connectivity index (χ0) is 18.4. The van der Waals surface area contributed by atoms with Gasteiger partial charge in [0.05, 0.1) is 0 Å². The van der Waals surface area contributed by atoms with Crippen LogP contribution in [-0.4, -0.2) is 16.1 Å². The molecule has 0 heterocycles. The molecule has 12 heteroatoms. The number of carbonyl (C=O) groups excluding carboxylic acids is 1. The lowest BCUT2D eigenvalue weighted by Gasteiger charge is -2.12. The molecule has 6 N–H and O–H groups in total. The number of hydrogen-bond acceptors (Lipinski definition) is 5. The molecule has 0 fully saturated rings. The summed E-state index contributed by atoms with van der Waals surface area (Å²) < 4.78 is 0. The standard InChI is InChI=1S/C17H17ClN4OS2.4BrH/c18-12-6-5-11(9-25-17(21)22)14(7-12)15(23)13-4-2-1-3-10(13)8-24-16(19)20;;;;/h1-7H,8-9H2,(H3,19,20)(H3,21,22);4*1H. The van der Waals surface area contributed by atoms with E-state index in [2.05, 4.69) is 0 Å². The number of rotatable bonds is 6. The van der Waals surface area contributed by atoms with Crippen LogP contribution in [0.15, 0.2) is 42.5 Å². The molecule has 0 spiro atoms.